The van der Waals surface area contributed by atoms with Crippen LogP contribution < -0.4 is 0 Å². The molecule has 122 valence electrons. The van der Waals surface area contributed by atoms with Crippen LogP contribution in [0.3, 0.4) is 0 Å². The maximum absolute atomic E-state index is 8.72. The Labute approximate surface area is 152 Å². The average molecular weight is 337 g/mol. The fourth-order valence-corrected chi connectivity index (χ4v) is 4.59. The summed E-state index contributed by atoms with van der Waals surface area (Å²) in [6.07, 6.45) is 7.79. The van der Waals surface area contributed by atoms with Gasteiger partial charge in [0.05, 0.1) is 9.29 Å². The lowest BCUT2D eigenvalue weighted by Gasteiger charge is -2.41. The molecule has 2 atom stereocenters. The summed E-state index contributed by atoms with van der Waals surface area (Å²) < 4.78 is 17.8. The number of fused-ring (bicyclic) bond motifs is 3. The van der Waals surface area contributed by atoms with Crippen molar-refractivity contribution in [3.63, 3.8) is 0 Å². The van der Waals surface area contributed by atoms with Crippen molar-refractivity contribution in [2.75, 3.05) is 19.3 Å². The normalized spacial score (nSPS) is 26.7. The quantitative estimate of drug-likeness (QED) is 0.395. The van der Waals surface area contributed by atoms with Gasteiger partial charge in [0.1, 0.15) is 18.7 Å². The molecule has 0 amide bonds. The minimum atomic E-state index is -1.49. The lowest BCUT2D eigenvalue weighted by Crippen LogP contribution is -2.44. The van der Waals surface area contributed by atoms with E-state index in [1.165, 1.54) is 22.1 Å². The van der Waals surface area contributed by atoms with Gasteiger partial charge in [-0.2, -0.15) is 0 Å². The van der Waals surface area contributed by atoms with Crippen LogP contribution in [-0.4, -0.2) is 23.8 Å². The lowest BCUT2D eigenvalue weighted by atomic mass is 9.86. The van der Waals surface area contributed by atoms with E-state index in [4.69, 9.17) is 2.74 Å². The van der Waals surface area contributed by atoms with Crippen molar-refractivity contribution in [3.05, 3.63) is 84.1 Å². The third-order valence-corrected chi connectivity index (χ3v) is 6.01. The summed E-state index contributed by atoms with van der Waals surface area (Å²) >= 11 is 1.74. The van der Waals surface area contributed by atoms with Crippen LogP contribution in [0.25, 0.3) is 5.57 Å². The fraction of sp³-hybridized carbons (Fsp3) is 0.273. The number of nitrogens with zero attached hydrogens (tertiary/aromatic N) is 1. The van der Waals surface area contributed by atoms with Crippen LogP contribution in [0.5, 0.6) is 0 Å². The summed E-state index contributed by atoms with van der Waals surface area (Å²) in [6, 6.07) is 17.3. The van der Waals surface area contributed by atoms with Crippen LogP contribution in [0.1, 0.15) is 38.3 Å². The highest BCUT2D eigenvalue weighted by Gasteiger charge is 2.45. The molecule has 0 aliphatic carbocycles. The van der Waals surface area contributed by atoms with Gasteiger partial charge < -0.3 is 0 Å². The van der Waals surface area contributed by atoms with Gasteiger partial charge in [0, 0.05) is 28.9 Å². The van der Waals surface area contributed by atoms with Gasteiger partial charge in [-0.25, -0.2) is 0 Å². The Hall–Kier alpha value is -1.77. The SMILES string of the molecule is [2H]C([2H])(C=C)[N@+]12C=C(c3ccc(SC)cc3)c3ccccc3[C@H]1CCC2. The fourth-order valence-electron chi connectivity index (χ4n) is 4.19. The predicted octanol–water partition coefficient (Wildman–Crippen LogP) is 5.65. The van der Waals surface area contributed by atoms with Gasteiger partial charge >= 0.3 is 0 Å². The van der Waals surface area contributed by atoms with Crippen molar-refractivity contribution in [1.29, 1.82) is 0 Å². The van der Waals surface area contributed by atoms with E-state index < -0.39 is 6.50 Å². The van der Waals surface area contributed by atoms with Crippen LogP contribution in [0.4, 0.5) is 0 Å². The molecule has 2 aliphatic rings. The average Bonchev–Trinajstić information content (AvgIpc) is 3.13. The molecule has 0 aromatic heterocycles. The van der Waals surface area contributed by atoms with E-state index in [0.717, 1.165) is 30.5 Å². The van der Waals surface area contributed by atoms with E-state index in [1.54, 1.807) is 11.8 Å². The van der Waals surface area contributed by atoms with Crippen molar-refractivity contribution in [3.8, 4) is 0 Å². The Morgan fingerprint density at radius 1 is 1.25 bits per heavy atom. The van der Waals surface area contributed by atoms with Gasteiger partial charge in [-0.3, -0.25) is 4.48 Å². The molecule has 24 heavy (non-hydrogen) atoms. The molecule has 1 saturated heterocycles. The number of benzene rings is 2. The van der Waals surface area contributed by atoms with Crippen molar-refractivity contribution >= 4 is 17.3 Å². The smallest absolute Gasteiger partial charge is 0.120 e. The summed E-state index contributed by atoms with van der Waals surface area (Å²) in [5.74, 6) is 0. The van der Waals surface area contributed by atoms with Crippen LogP contribution >= 0.6 is 11.8 Å². The zero-order valence-corrected chi connectivity index (χ0v) is 14.9. The van der Waals surface area contributed by atoms with Gasteiger partial charge in [0.2, 0.25) is 0 Å². The standard InChI is InChI=1S/C22H24NS/c1-3-14-23-15-6-9-22(23)20-8-5-4-7-19(20)21(16-23)17-10-12-18(24-2)13-11-17/h3-5,7-8,10-13,16,22H,1,6,9,14-15H2,2H3/q+1/t22-,23+/m1/s1/i14D2. The van der Waals surface area contributed by atoms with Gasteiger partial charge in [-0.1, -0.05) is 43.0 Å². The number of rotatable bonds is 4. The first kappa shape index (κ1) is 13.5. The van der Waals surface area contributed by atoms with Gasteiger partial charge in [0.25, 0.3) is 0 Å². The number of thioether (sulfide) groups is 1. The Bertz CT molecular complexity index is 872. The topological polar surface area (TPSA) is 0 Å². The van der Waals surface area contributed by atoms with E-state index in [-0.39, 0.29) is 6.04 Å². The largest absolute Gasteiger partial charge is 0.287 e. The molecule has 1 nitrogen and oxygen atoms in total. The van der Waals surface area contributed by atoms with E-state index in [2.05, 4.69) is 67.6 Å². The van der Waals surface area contributed by atoms with Crippen LogP contribution in [0.2, 0.25) is 0 Å². The van der Waals surface area contributed by atoms with Crippen molar-refractivity contribution in [2.24, 2.45) is 0 Å². The maximum Gasteiger partial charge on any atom is 0.120 e. The zero-order valence-electron chi connectivity index (χ0n) is 16.0. The van der Waals surface area contributed by atoms with Gasteiger partial charge in [-0.05, 0) is 35.6 Å². The second kappa shape index (κ2) is 6.27. The molecule has 0 saturated carbocycles. The number of hydrogen-bond donors (Lipinski definition) is 0. The highest BCUT2D eigenvalue weighted by atomic mass is 32.2. The number of quaternary nitrogens is 1. The minimum absolute atomic E-state index is 0.161. The summed E-state index contributed by atoms with van der Waals surface area (Å²) in [6.45, 7) is 3.14. The Balaban J connectivity index is 1.95. The molecule has 2 aromatic rings. The summed E-state index contributed by atoms with van der Waals surface area (Å²) in [5.41, 5.74) is 4.79. The highest BCUT2D eigenvalue weighted by molar-refractivity contribution is 7.98. The predicted molar refractivity (Wildman–Crippen MR) is 104 cm³/mol. The molecular weight excluding hydrogens is 310 g/mol. The molecule has 2 aliphatic heterocycles. The molecule has 0 N–H and O–H groups in total. The van der Waals surface area contributed by atoms with Crippen LogP contribution in [-0.2, 0) is 0 Å². The highest BCUT2D eigenvalue weighted by Crippen LogP contribution is 2.48. The summed E-state index contributed by atoms with van der Waals surface area (Å²) in [4.78, 5) is 1.24. The minimum Gasteiger partial charge on any atom is -0.287 e. The molecule has 0 spiro atoms. The molecule has 0 unspecified atom stereocenters. The molecule has 0 radical (unpaired) electrons. The summed E-state index contributed by atoms with van der Waals surface area (Å²) in [7, 11) is 0. The third kappa shape index (κ3) is 2.45. The first-order valence-electron chi connectivity index (χ1n) is 9.50. The lowest BCUT2D eigenvalue weighted by molar-refractivity contribution is -0.891. The molecule has 2 heteroatoms. The third-order valence-electron chi connectivity index (χ3n) is 5.26. The van der Waals surface area contributed by atoms with Crippen LogP contribution in [0, 0.1) is 0 Å². The second-order valence-corrected chi connectivity index (χ2v) is 7.38. The second-order valence-electron chi connectivity index (χ2n) is 6.50. The molecule has 4 rings (SSSR count). The molecule has 0 bridgehead atoms. The molecule has 1 fully saturated rings. The van der Waals surface area contributed by atoms with E-state index in [0.29, 0.717) is 4.48 Å². The van der Waals surface area contributed by atoms with E-state index in [9.17, 15) is 0 Å². The first-order chi connectivity index (χ1) is 12.5. The Morgan fingerprint density at radius 2 is 2.04 bits per heavy atom. The van der Waals surface area contributed by atoms with E-state index in [1.807, 2.05) is 0 Å². The molecular formula is C22H24NS+. The van der Waals surface area contributed by atoms with Crippen LogP contribution in [0.15, 0.2) is 72.3 Å². The Kier molecular flexibility index (Phi) is 3.53. The number of hydrogen-bond acceptors (Lipinski definition) is 1. The van der Waals surface area contributed by atoms with Crippen molar-refractivity contribution < 1.29 is 7.22 Å². The van der Waals surface area contributed by atoms with Gasteiger partial charge in [0.15, 0.2) is 0 Å². The monoisotopic (exact) mass is 336 g/mol. The van der Waals surface area contributed by atoms with Gasteiger partial charge in [-0.15, -0.1) is 11.8 Å². The molecule has 2 heterocycles. The maximum atomic E-state index is 8.72. The first-order valence-corrected chi connectivity index (χ1v) is 9.72. The van der Waals surface area contributed by atoms with E-state index >= 15 is 0 Å². The summed E-state index contributed by atoms with van der Waals surface area (Å²) in [5, 5.41) is 0. The Morgan fingerprint density at radius 3 is 2.79 bits per heavy atom. The van der Waals surface area contributed by atoms with Crippen molar-refractivity contribution in [1.82, 2.24) is 0 Å². The van der Waals surface area contributed by atoms with Crippen molar-refractivity contribution in [2.45, 2.75) is 23.8 Å². The molecule has 2 aromatic carbocycles. The zero-order chi connectivity index (χ0) is 18.4.